The summed E-state index contributed by atoms with van der Waals surface area (Å²) in [6.07, 6.45) is 2.61. The Labute approximate surface area is 165 Å². The number of fused-ring (bicyclic) bond motifs is 1. The molecule has 3 N–H and O–H groups in total. The van der Waals surface area contributed by atoms with E-state index in [4.69, 9.17) is 15.2 Å². The number of anilines is 2. The topological polar surface area (TPSA) is 82.3 Å². The van der Waals surface area contributed by atoms with Gasteiger partial charge in [-0.25, -0.2) is 14.4 Å². The molecule has 8 heteroatoms. The van der Waals surface area contributed by atoms with E-state index in [2.05, 4.69) is 31.2 Å². The Morgan fingerprint density at radius 2 is 2.04 bits per heavy atom. The van der Waals surface area contributed by atoms with E-state index < -0.39 is 12.0 Å². The van der Waals surface area contributed by atoms with Gasteiger partial charge in [0.15, 0.2) is 11.5 Å². The standard InChI is InChI=1S/C19H20BrFN4O2/c1-3-4-18(22)27-17-9-15-12(8-16(17)26-2)19(24-10-23-15)25-14-6-5-11(20)7-13(14)21/h5-10,18H,3-4,22H2,1-2H3,(H,23,24,25). The van der Waals surface area contributed by atoms with Gasteiger partial charge in [0.2, 0.25) is 0 Å². The van der Waals surface area contributed by atoms with Gasteiger partial charge in [-0.05, 0) is 30.7 Å². The summed E-state index contributed by atoms with van der Waals surface area (Å²) in [5.74, 6) is 1.08. The summed E-state index contributed by atoms with van der Waals surface area (Å²) in [5.41, 5.74) is 6.91. The number of aromatic nitrogens is 2. The minimum absolute atomic E-state index is 0.308. The van der Waals surface area contributed by atoms with E-state index in [0.717, 1.165) is 12.8 Å². The molecule has 0 radical (unpaired) electrons. The lowest BCUT2D eigenvalue weighted by molar-refractivity contribution is 0.190. The van der Waals surface area contributed by atoms with E-state index in [1.165, 1.54) is 12.4 Å². The summed E-state index contributed by atoms with van der Waals surface area (Å²) in [4.78, 5) is 8.52. The second kappa shape index (κ2) is 8.49. The first-order valence-electron chi connectivity index (χ1n) is 8.49. The van der Waals surface area contributed by atoms with Crippen LogP contribution in [0.25, 0.3) is 10.9 Å². The molecule has 0 fully saturated rings. The van der Waals surface area contributed by atoms with Gasteiger partial charge in [0, 0.05) is 15.9 Å². The molecule has 0 aliphatic carbocycles. The number of nitrogens with zero attached hydrogens (tertiary/aromatic N) is 2. The molecule has 3 rings (SSSR count). The van der Waals surface area contributed by atoms with Crippen LogP contribution in [0, 0.1) is 5.82 Å². The molecule has 0 saturated carbocycles. The Hall–Kier alpha value is -2.45. The van der Waals surface area contributed by atoms with Crippen LogP contribution >= 0.6 is 15.9 Å². The summed E-state index contributed by atoms with van der Waals surface area (Å²) >= 11 is 3.24. The van der Waals surface area contributed by atoms with Gasteiger partial charge in [0.05, 0.1) is 18.3 Å². The molecule has 142 valence electrons. The van der Waals surface area contributed by atoms with Crippen molar-refractivity contribution in [3.8, 4) is 11.5 Å². The zero-order chi connectivity index (χ0) is 19.4. The predicted molar refractivity (Wildman–Crippen MR) is 107 cm³/mol. The average Bonchev–Trinajstić information content (AvgIpc) is 2.64. The van der Waals surface area contributed by atoms with Crippen LogP contribution in [0.3, 0.4) is 0 Å². The molecule has 0 spiro atoms. The number of ether oxygens (including phenoxy) is 2. The van der Waals surface area contributed by atoms with Crippen molar-refractivity contribution in [2.45, 2.75) is 26.0 Å². The van der Waals surface area contributed by atoms with Gasteiger partial charge in [-0.2, -0.15) is 0 Å². The highest BCUT2D eigenvalue weighted by molar-refractivity contribution is 9.10. The first-order valence-corrected chi connectivity index (χ1v) is 9.28. The van der Waals surface area contributed by atoms with Crippen molar-refractivity contribution in [3.63, 3.8) is 0 Å². The van der Waals surface area contributed by atoms with E-state index in [9.17, 15) is 4.39 Å². The Bertz CT molecular complexity index is 954. The van der Waals surface area contributed by atoms with Crippen LogP contribution in [-0.2, 0) is 0 Å². The van der Waals surface area contributed by atoms with Gasteiger partial charge in [0.25, 0.3) is 0 Å². The predicted octanol–water partition coefficient (Wildman–Crippen LogP) is 4.75. The lowest BCUT2D eigenvalue weighted by Gasteiger charge is -2.17. The summed E-state index contributed by atoms with van der Waals surface area (Å²) in [6, 6.07) is 8.26. The van der Waals surface area contributed by atoms with Crippen LogP contribution in [0.1, 0.15) is 19.8 Å². The fourth-order valence-electron chi connectivity index (χ4n) is 2.64. The van der Waals surface area contributed by atoms with Crippen molar-refractivity contribution in [1.29, 1.82) is 0 Å². The Morgan fingerprint density at radius 3 is 2.74 bits per heavy atom. The first-order chi connectivity index (χ1) is 13.0. The van der Waals surface area contributed by atoms with E-state index in [0.29, 0.717) is 38.4 Å². The van der Waals surface area contributed by atoms with Gasteiger partial charge in [-0.3, -0.25) is 5.73 Å². The monoisotopic (exact) mass is 434 g/mol. The van der Waals surface area contributed by atoms with Crippen LogP contribution in [-0.4, -0.2) is 23.3 Å². The SMILES string of the molecule is CCCC(N)Oc1cc2ncnc(Nc3ccc(Br)cc3F)c2cc1OC. The largest absolute Gasteiger partial charge is 0.493 e. The zero-order valence-electron chi connectivity index (χ0n) is 15.0. The lowest BCUT2D eigenvalue weighted by atomic mass is 10.2. The van der Waals surface area contributed by atoms with Crippen LogP contribution in [0.15, 0.2) is 41.1 Å². The third kappa shape index (κ3) is 4.45. The Balaban J connectivity index is 2.00. The molecule has 1 atom stereocenters. The third-order valence-electron chi connectivity index (χ3n) is 3.96. The highest BCUT2D eigenvalue weighted by Gasteiger charge is 2.15. The normalized spacial score (nSPS) is 12.0. The number of rotatable bonds is 7. The maximum atomic E-state index is 14.2. The van der Waals surface area contributed by atoms with E-state index >= 15 is 0 Å². The average molecular weight is 435 g/mol. The summed E-state index contributed by atoms with van der Waals surface area (Å²) in [5, 5.41) is 3.68. The van der Waals surface area contributed by atoms with Crippen LogP contribution in [0.4, 0.5) is 15.9 Å². The third-order valence-corrected chi connectivity index (χ3v) is 4.45. The molecule has 1 aromatic heterocycles. The lowest BCUT2D eigenvalue weighted by Crippen LogP contribution is -2.26. The molecule has 3 aromatic rings. The van der Waals surface area contributed by atoms with Crippen LogP contribution in [0.2, 0.25) is 0 Å². The second-order valence-electron chi connectivity index (χ2n) is 5.94. The molecule has 1 unspecified atom stereocenters. The molecule has 2 aromatic carbocycles. The van der Waals surface area contributed by atoms with Crippen molar-refractivity contribution in [3.05, 3.63) is 46.9 Å². The minimum atomic E-state index is -0.433. The fraction of sp³-hybridized carbons (Fsp3) is 0.263. The van der Waals surface area contributed by atoms with Crippen molar-refractivity contribution < 1.29 is 13.9 Å². The molecule has 0 bridgehead atoms. The van der Waals surface area contributed by atoms with E-state index in [-0.39, 0.29) is 0 Å². The molecule has 27 heavy (non-hydrogen) atoms. The molecule has 1 heterocycles. The maximum Gasteiger partial charge on any atom is 0.165 e. The van der Waals surface area contributed by atoms with Gasteiger partial charge in [-0.15, -0.1) is 0 Å². The Morgan fingerprint density at radius 1 is 1.22 bits per heavy atom. The number of nitrogens with one attached hydrogen (secondary N) is 1. The number of halogens is 2. The molecular weight excluding hydrogens is 415 g/mol. The first kappa shape index (κ1) is 19.3. The van der Waals surface area contributed by atoms with Gasteiger partial charge in [0.1, 0.15) is 24.2 Å². The van der Waals surface area contributed by atoms with Crippen molar-refractivity contribution in [2.24, 2.45) is 5.73 Å². The van der Waals surface area contributed by atoms with Crippen LogP contribution < -0.4 is 20.5 Å². The van der Waals surface area contributed by atoms with Gasteiger partial charge in [-0.1, -0.05) is 29.3 Å². The summed E-state index contributed by atoms with van der Waals surface area (Å²) in [6.45, 7) is 2.03. The highest BCUT2D eigenvalue weighted by atomic mass is 79.9. The van der Waals surface area contributed by atoms with Gasteiger partial charge < -0.3 is 14.8 Å². The number of methoxy groups -OCH3 is 1. The second-order valence-corrected chi connectivity index (χ2v) is 6.85. The molecule has 0 amide bonds. The molecule has 6 nitrogen and oxygen atoms in total. The molecular formula is C19H20BrFN4O2. The quantitative estimate of drug-likeness (QED) is 0.522. The molecule has 0 saturated heterocycles. The maximum absolute atomic E-state index is 14.2. The number of hydrogen-bond acceptors (Lipinski definition) is 6. The Kier molecular flexibility index (Phi) is 6.08. The molecule has 0 aliphatic heterocycles. The van der Waals surface area contributed by atoms with Crippen molar-refractivity contribution in [1.82, 2.24) is 9.97 Å². The summed E-state index contributed by atoms with van der Waals surface area (Å²) in [7, 11) is 1.55. The van der Waals surface area contributed by atoms with Crippen molar-refractivity contribution >= 4 is 38.3 Å². The smallest absolute Gasteiger partial charge is 0.165 e. The van der Waals surface area contributed by atoms with Gasteiger partial charge >= 0.3 is 0 Å². The number of hydrogen-bond donors (Lipinski definition) is 2. The van der Waals surface area contributed by atoms with Crippen LogP contribution in [0.5, 0.6) is 11.5 Å². The minimum Gasteiger partial charge on any atom is -0.493 e. The number of benzene rings is 2. The zero-order valence-corrected chi connectivity index (χ0v) is 16.6. The van der Waals surface area contributed by atoms with Crippen molar-refractivity contribution in [2.75, 3.05) is 12.4 Å². The number of nitrogens with two attached hydrogens (primary N) is 1. The summed E-state index contributed by atoms with van der Waals surface area (Å²) < 4.78 is 26.0. The highest BCUT2D eigenvalue weighted by Crippen LogP contribution is 2.35. The fourth-order valence-corrected chi connectivity index (χ4v) is 2.97. The van der Waals surface area contributed by atoms with E-state index in [1.54, 1.807) is 31.4 Å². The van der Waals surface area contributed by atoms with E-state index in [1.807, 2.05) is 6.92 Å². The molecule has 0 aliphatic rings.